The van der Waals surface area contributed by atoms with Crippen LogP contribution in [0.2, 0.25) is 0 Å². The van der Waals surface area contributed by atoms with Gasteiger partial charge in [0.25, 0.3) is 5.56 Å². The molecule has 1 N–H and O–H groups in total. The van der Waals surface area contributed by atoms with Crippen molar-refractivity contribution < 1.29 is 4.79 Å². The second-order valence-electron chi connectivity index (χ2n) is 8.55. The van der Waals surface area contributed by atoms with E-state index in [1.807, 2.05) is 36.4 Å². The number of nitrogens with one attached hydrogen (secondary N) is 1. The molecule has 0 saturated carbocycles. The minimum Gasteiger partial charge on any atom is -0.354 e. The summed E-state index contributed by atoms with van der Waals surface area (Å²) in [5.74, 6) is -0.212. The number of fused-ring (bicyclic) bond motifs is 1. The fourth-order valence-corrected chi connectivity index (χ4v) is 4.15. The van der Waals surface area contributed by atoms with Crippen LogP contribution in [-0.2, 0) is 24.3 Å². The molecule has 7 heteroatoms. The molecule has 0 atom stereocenters. The Hall–Kier alpha value is -3.84. The molecular weight excluding hydrogens is 438 g/mol. The summed E-state index contributed by atoms with van der Waals surface area (Å²) in [6.45, 7) is 5.31. The molecule has 0 radical (unpaired) electrons. The van der Waals surface area contributed by atoms with Crippen molar-refractivity contribution in [2.24, 2.45) is 0 Å². The molecule has 35 heavy (non-hydrogen) atoms. The fraction of sp³-hybridized carbons (Fsp3) is 0.286. The van der Waals surface area contributed by atoms with Gasteiger partial charge in [-0.25, -0.2) is 4.68 Å². The van der Waals surface area contributed by atoms with Crippen molar-refractivity contribution in [3.63, 3.8) is 0 Å². The van der Waals surface area contributed by atoms with Gasteiger partial charge in [-0.1, -0.05) is 55.5 Å². The third-order valence-electron chi connectivity index (χ3n) is 6.03. The fourth-order valence-electron chi connectivity index (χ4n) is 4.15. The molecule has 2 aromatic heterocycles. The molecule has 1 amide bonds. The van der Waals surface area contributed by atoms with Crippen LogP contribution >= 0.6 is 0 Å². The van der Waals surface area contributed by atoms with E-state index in [1.54, 1.807) is 18.5 Å². The van der Waals surface area contributed by atoms with E-state index >= 15 is 0 Å². The molecule has 0 aliphatic heterocycles. The number of carbonyl (C=O) groups excluding carboxylic acids is 1. The number of amides is 1. The Labute approximate surface area is 205 Å². The Morgan fingerprint density at radius 3 is 2.40 bits per heavy atom. The molecular formula is C28H31N5O2. The van der Waals surface area contributed by atoms with Crippen LogP contribution in [0.1, 0.15) is 30.2 Å². The van der Waals surface area contributed by atoms with E-state index in [2.05, 4.69) is 51.5 Å². The molecule has 180 valence electrons. The van der Waals surface area contributed by atoms with Crippen molar-refractivity contribution in [2.75, 3.05) is 19.6 Å². The molecule has 0 aliphatic carbocycles. The molecule has 0 unspecified atom stereocenters. The molecule has 0 spiro atoms. The van der Waals surface area contributed by atoms with Crippen LogP contribution in [0.15, 0.2) is 83.9 Å². The van der Waals surface area contributed by atoms with Crippen LogP contribution in [-0.4, -0.2) is 45.2 Å². The highest BCUT2D eigenvalue weighted by molar-refractivity contribution is 5.84. The Morgan fingerprint density at radius 1 is 0.943 bits per heavy atom. The lowest BCUT2D eigenvalue weighted by Crippen LogP contribution is -2.35. The number of hydrogen-bond acceptors (Lipinski definition) is 5. The summed E-state index contributed by atoms with van der Waals surface area (Å²) < 4.78 is 1.28. The predicted octanol–water partition coefficient (Wildman–Crippen LogP) is 3.41. The Kier molecular flexibility index (Phi) is 8.35. The Bertz CT molecular complexity index is 1310. The van der Waals surface area contributed by atoms with Crippen molar-refractivity contribution in [1.29, 1.82) is 0 Å². The average Bonchev–Trinajstić information content (AvgIpc) is 2.90. The number of hydrogen-bond donors (Lipinski definition) is 1. The number of nitrogens with zero attached hydrogens (tertiary/aromatic N) is 4. The van der Waals surface area contributed by atoms with Gasteiger partial charge >= 0.3 is 0 Å². The zero-order chi connectivity index (χ0) is 24.5. The van der Waals surface area contributed by atoms with Crippen molar-refractivity contribution in [3.8, 4) is 0 Å². The molecule has 0 bridgehead atoms. The smallest absolute Gasteiger partial charge is 0.275 e. The van der Waals surface area contributed by atoms with E-state index in [4.69, 9.17) is 0 Å². The quantitative estimate of drug-likeness (QED) is 0.341. The summed E-state index contributed by atoms with van der Waals surface area (Å²) in [5.41, 5.74) is 2.83. The topological polar surface area (TPSA) is 80.1 Å². The minimum absolute atomic E-state index is 0.103. The molecule has 4 aromatic rings. The third-order valence-corrected chi connectivity index (χ3v) is 6.03. The number of rotatable bonds is 11. The SMILES string of the molecule is CCN(CCCNC(=O)Cn1nc(Cc2ccncc2)c2ccccc2c1=O)Cc1ccccc1. The van der Waals surface area contributed by atoms with E-state index in [0.717, 1.165) is 42.7 Å². The second-order valence-corrected chi connectivity index (χ2v) is 8.55. The van der Waals surface area contributed by atoms with Crippen molar-refractivity contribution in [2.45, 2.75) is 32.9 Å². The lowest BCUT2D eigenvalue weighted by molar-refractivity contribution is -0.121. The first-order valence-electron chi connectivity index (χ1n) is 12.0. The van der Waals surface area contributed by atoms with Crippen molar-refractivity contribution in [3.05, 3.63) is 106 Å². The van der Waals surface area contributed by atoms with Crippen LogP contribution in [0.5, 0.6) is 0 Å². The molecule has 7 nitrogen and oxygen atoms in total. The normalized spacial score (nSPS) is 11.1. The van der Waals surface area contributed by atoms with E-state index in [1.165, 1.54) is 10.2 Å². The number of pyridine rings is 1. The minimum atomic E-state index is -0.255. The first-order valence-corrected chi connectivity index (χ1v) is 12.0. The zero-order valence-electron chi connectivity index (χ0n) is 20.1. The van der Waals surface area contributed by atoms with Gasteiger partial charge in [-0.2, -0.15) is 5.10 Å². The molecule has 0 aliphatic rings. The van der Waals surface area contributed by atoms with Crippen molar-refractivity contribution >= 4 is 16.7 Å². The Morgan fingerprint density at radius 2 is 1.66 bits per heavy atom. The lowest BCUT2D eigenvalue weighted by atomic mass is 10.1. The van der Waals surface area contributed by atoms with Gasteiger partial charge in [0.05, 0.1) is 11.1 Å². The van der Waals surface area contributed by atoms with Gasteiger partial charge in [-0.15, -0.1) is 0 Å². The Balaban J connectivity index is 1.37. The van der Waals surface area contributed by atoms with E-state index < -0.39 is 0 Å². The lowest BCUT2D eigenvalue weighted by Gasteiger charge is -2.20. The van der Waals surface area contributed by atoms with Crippen LogP contribution in [0.3, 0.4) is 0 Å². The van der Waals surface area contributed by atoms with Crippen molar-refractivity contribution in [1.82, 2.24) is 25.0 Å². The molecule has 2 aromatic carbocycles. The van der Waals surface area contributed by atoms with Gasteiger partial charge in [-0.05, 0) is 42.3 Å². The highest BCUT2D eigenvalue weighted by Gasteiger charge is 2.13. The molecule has 0 saturated heterocycles. The molecule has 2 heterocycles. The van der Waals surface area contributed by atoms with Gasteiger partial charge in [-0.3, -0.25) is 19.5 Å². The predicted molar refractivity (Wildman–Crippen MR) is 138 cm³/mol. The number of carbonyl (C=O) groups is 1. The first kappa shape index (κ1) is 24.3. The average molecular weight is 470 g/mol. The standard InChI is InChI=1S/C28H31N5O2/c1-2-32(20-23-9-4-3-5-10-23)18-8-15-30-27(34)21-33-28(35)25-12-7-6-11-24(25)26(31-33)19-22-13-16-29-17-14-22/h3-7,9-14,16-17H,2,8,15,18-21H2,1H3,(H,30,34). The maximum atomic E-state index is 13.0. The highest BCUT2D eigenvalue weighted by atomic mass is 16.2. The number of aromatic nitrogens is 3. The second kappa shape index (κ2) is 12.0. The summed E-state index contributed by atoms with van der Waals surface area (Å²) in [6, 6.07) is 21.6. The van der Waals surface area contributed by atoms with Crippen LogP contribution in [0.4, 0.5) is 0 Å². The van der Waals surface area contributed by atoms with Gasteiger partial charge in [0, 0.05) is 43.8 Å². The largest absolute Gasteiger partial charge is 0.354 e. The third kappa shape index (κ3) is 6.61. The van der Waals surface area contributed by atoms with Crippen LogP contribution < -0.4 is 10.9 Å². The van der Waals surface area contributed by atoms with Gasteiger partial charge in [0.15, 0.2) is 0 Å². The van der Waals surface area contributed by atoms with Gasteiger partial charge < -0.3 is 5.32 Å². The van der Waals surface area contributed by atoms with E-state index in [0.29, 0.717) is 18.4 Å². The molecule has 4 rings (SSSR count). The maximum Gasteiger partial charge on any atom is 0.275 e. The summed E-state index contributed by atoms with van der Waals surface area (Å²) in [5, 5.41) is 8.89. The van der Waals surface area contributed by atoms with E-state index in [-0.39, 0.29) is 18.0 Å². The monoisotopic (exact) mass is 469 g/mol. The molecule has 0 fully saturated rings. The summed E-state index contributed by atoms with van der Waals surface area (Å²) in [6.07, 6.45) is 4.86. The summed E-state index contributed by atoms with van der Waals surface area (Å²) in [7, 11) is 0. The van der Waals surface area contributed by atoms with Gasteiger partial charge in [0.1, 0.15) is 6.54 Å². The summed E-state index contributed by atoms with van der Waals surface area (Å²) in [4.78, 5) is 32.1. The first-order chi connectivity index (χ1) is 17.1. The number of benzene rings is 2. The highest BCUT2D eigenvalue weighted by Crippen LogP contribution is 2.16. The van der Waals surface area contributed by atoms with Gasteiger partial charge in [0.2, 0.25) is 5.91 Å². The summed E-state index contributed by atoms with van der Waals surface area (Å²) >= 11 is 0. The van der Waals surface area contributed by atoms with Crippen LogP contribution in [0.25, 0.3) is 10.8 Å². The van der Waals surface area contributed by atoms with Crippen LogP contribution in [0, 0.1) is 0 Å². The maximum absolute atomic E-state index is 13.0. The van der Waals surface area contributed by atoms with E-state index in [9.17, 15) is 9.59 Å². The zero-order valence-corrected chi connectivity index (χ0v) is 20.1.